The summed E-state index contributed by atoms with van der Waals surface area (Å²) in [4.78, 5) is 14.5. The van der Waals surface area contributed by atoms with Gasteiger partial charge in [0.2, 0.25) is 15.9 Å². The molecule has 24 heavy (non-hydrogen) atoms. The predicted octanol–water partition coefficient (Wildman–Crippen LogP) is 1.71. The van der Waals surface area contributed by atoms with Gasteiger partial charge in [-0.2, -0.15) is 0 Å². The summed E-state index contributed by atoms with van der Waals surface area (Å²) in [6.45, 7) is 3.55. The Morgan fingerprint density at radius 1 is 1.25 bits per heavy atom. The summed E-state index contributed by atoms with van der Waals surface area (Å²) in [5, 5.41) is 3.31. The van der Waals surface area contributed by atoms with Crippen molar-refractivity contribution in [3.8, 4) is 0 Å². The maximum atomic E-state index is 12.1. The number of nitrogens with zero attached hydrogens (tertiary/aromatic N) is 2. The first-order valence-corrected chi connectivity index (χ1v) is 10.3. The van der Waals surface area contributed by atoms with Crippen molar-refractivity contribution >= 4 is 33.2 Å². The third kappa shape index (κ3) is 5.96. The minimum atomic E-state index is -3.55. The number of amides is 1. The van der Waals surface area contributed by atoms with Crippen LogP contribution in [0.3, 0.4) is 0 Å². The molecule has 1 aliphatic rings. The molecule has 1 saturated heterocycles. The second-order valence-electron chi connectivity index (χ2n) is 6.00. The van der Waals surface area contributed by atoms with E-state index in [1.165, 1.54) is 12.8 Å². The van der Waals surface area contributed by atoms with Crippen molar-refractivity contribution in [2.24, 2.45) is 0 Å². The van der Waals surface area contributed by atoms with E-state index < -0.39 is 10.0 Å². The molecule has 1 aliphatic heterocycles. The van der Waals surface area contributed by atoms with Gasteiger partial charge in [-0.1, -0.05) is 11.6 Å². The Morgan fingerprint density at radius 2 is 1.88 bits per heavy atom. The molecule has 1 heterocycles. The number of nitrogens with one attached hydrogen (secondary N) is 1. The summed E-state index contributed by atoms with van der Waals surface area (Å²) in [5.41, 5.74) is 0.425. The van der Waals surface area contributed by atoms with E-state index >= 15 is 0 Å². The van der Waals surface area contributed by atoms with Crippen LogP contribution >= 0.6 is 11.6 Å². The van der Waals surface area contributed by atoms with Crippen molar-refractivity contribution in [2.75, 3.05) is 43.3 Å². The van der Waals surface area contributed by atoms with Gasteiger partial charge in [-0.3, -0.25) is 9.10 Å². The number of halogens is 1. The lowest BCUT2D eigenvalue weighted by molar-refractivity contribution is -0.119. The van der Waals surface area contributed by atoms with Gasteiger partial charge < -0.3 is 10.2 Å². The van der Waals surface area contributed by atoms with Crippen LogP contribution in [0.1, 0.15) is 19.3 Å². The van der Waals surface area contributed by atoms with Gasteiger partial charge in [0.1, 0.15) is 6.54 Å². The normalized spacial score (nSPS) is 15.4. The molecule has 8 heteroatoms. The molecule has 0 atom stereocenters. The first-order chi connectivity index (χ1) is 11.4. The van der Waals surface area contributed by atoms with E-state index in [2.05, 4.69) is 10.2 Å². The molecule has 0 aliphatic carbocycles. The smallest absolute Gasteiger partial charge is 0.240 e. The molecule has 0 spiro atoms. The van der Waals surface area contributed by atoms with Crippen LogP contribution in [0.4, 0.5) is 5.69 Å². The molecule has 0 unspecified atom stereocenters. The summed E-state index contributed by atoms with van der Waals surface area (Å²) < 4.78 is 25.0. The number of carbonyl (C=O) groups excluding carboxylic acids is 1. The summed E-state index contributed by atoms with van der Waals surface area (Å²) in [6.07, 6.45) is 4.45. The summed E-state index contributed by atoms with van der Waals surface area (Å²) in [6, 6.07) is 6.38. The standard InChI is InChI=1S/C16H24ClN3O3S/c1-24(22,23)20(15-7-5-14(17)6-8-15)13-16(21)18-9-4-12-19-10-2-3-11-19/h5-8H,2-4,9-13H2,1H3,(H,18,21). The van der Waals surface area contributed by atoms with Crippen LogP contribution in [0.2, 0.25) is 5.02 Å². The van der Waals surface area contributed by atoms with Crippen LogP contribution in [0.5, 0.6) is 0 Å². The van der Waals surface area contributed by atoms with Crippen LogP contribution in [0, 0.1) is 0 Å². The second kappa shape index (κ2) is 8.69. The van der Waals surface area contributed by atoms with Crippen LogP contribution < -0.4 is 9.62 Å². The van der Waals surface area contributed by atoms with Gasteiger partial charge >= 0.3 is 0 Å². The van der Waals surface area contributed by atoms with Crippen LogP contribution in [0.15, 0.2) is 24.3 Å². The van der Waals surface area contributed by atoms with Crippen molar-refractivity contribution < 1.29 is 13.2 Å². The van der Waals surface area contributed by atoms with Crippen molar-refractivity contribution in [1.29, 1.82) is 0 Å². The summed E-state index contributed by atoms with van der Waals surface area (Å²) in [7, 11) is -3.55. The fraction of sp³-hybridized carbons (Fsp3) is 0.562. The fourth-order valence-electron chi connectivity index (χ4n) is 2.73. The number of sulfonamides is 1. The number of anilines is 1. The largest absolute Gasteiger partial charge is 0.354 e. The first-order valence-electron chi connectivity index (χ1n) is 8.08. The molecule has 0 aromatic heterocycles. The highest BCUT2D eigenvalue weighted by Gasteiger charge is 2.20. The Morgan fingerprint density at radius 3 is 2.46 bits per heavy atom. The van der Waals surface area contributed by atoms with Gasteiger partial charge in [0.05, 0.1) is 11.9 Å². The van der Waals surface area contributed by atoms with Gasteiger partial charge in [-0.25, -0.2) is 8.42 Å². The lowest BCUT2D eigenvalue weighted by Crippen LogP contribution is -2.41. The van der Waals surface area contributed by atoms with Gasteiger partial charge in [-0.05, 0) is 63.2 Å². The zero-order valence-corrected chi connectivity index (χ0v) is 15.4. The molecule has 1 aromatic carbocycles. The second-order valence-corrected chi connectivity index (χ2v) is 8.34. The average molecular weight is 374 g/mol. The van der Waals surface area contributed by atoms with Crippen LogP contribution in [-0.2, 0) is 14.8 Å². The molecule has 1 N–H and O–H groups in total. The molecule has 134 valence electrons. The Labute approximate surface area is 148 Å². The highest BCUT2D eigenvalue weighted by Crippen LogP contribution is 2.20. The fourth-order valence-corrected chi connectivity index (χ4v) is 3.71. The molecular weight excluding hydrogens is 350 g/mol. The van der Waals surface area contributed by atoms with E-state index in [9.17, 15) is 13.2 Å². The number of hydrogen-bond donors (Lipinski definition) is 1. The predicted molar refractivity (Wildman–Crippen MR) is 96.9 cm³/mol. The molecule has 0 bridgehead atoms. The number of benzene rings is 1. The van der Waals surface area contributed by atoms with E-state index in [1.807, 2.05) is 0 Å². The molecule has 1 fully saturated rings. The number of likely N-dealkylation sites (tertiary alicyclic amines) is 1. The monoisotopic (exact) mass is 373 g/mol. The van der Waals surface area contributed by atoms with E-state index in [1.54, 1.807) is 24.3 Å². The van der Waals surface area contributed by atoms with Crippen LogP contribution in [0.25, 0.3) is 0 Å². The Balaban J connectivity index is 1.84. The summed E-state index contributed by atoms with van der Waals surface area (Å²) >= 11 is 5.82. The average Bonchev–Trinajstić information content (AvgIpc) is 3.02. The maximum Gasteiger partial charge on any atom is 0.240 e. The zero-order chi connectivity index (χ0) is 17.6. The van der Waals surface area contributed by atoms with E-state index in [-0.39, 0.29) is 12.5 Å². The Hall–Kier alpha value is -1.31. The van der Waals surface area contributed by atoms with Gasteiger partial charge in [0.15, 0.2) is 0 Å². The molecule has 1 aromatic rings. The molecule has 0 saturated carbocycles. The van der Waals surface area contributed by atoms with Crippen molar-refractivity contribution in [2.45, 2.75) is 19.3 Å². The van der Waals surface area contributed by atoms with Crippen molar-refractivity contribution in [3.63, 3.8) is 0 Å². The van der Waals surface area contributed by atoms with Gasteiger partial charge in [0.25, 0.3) is 0 Å². The Bertz CT molecular complexity index is 643. The number of rotatable bonds is 8. The topological polar surface area (TPSA) is 69.7 Å². The van der Waals surface area contributed by atoms with Crippen LogP contribution in [-0.4, -0.2) is 58.2 Å². The number of hydrogen-bond acceptors (Lipinski definition) is 4. The van der Waals surface area contributed by atoms with Gasteiger partial charge in [0, 0.05) is 11.6 Å². The maximum absolute atomic E-state index is 12.1. The van der Waals surface area contributed by atoms with Crippen molar-refractivity contribution in [1.82, 2.24) is 10.2 Å². The number of carbonyl (C=O) groups is 1. The highest BCUT2D eigenvalue weighted by molar-refractivity contribution is 7.92. The van der Waals surface area contributed by atoms with Crippen molar-refractivity contribution in [3.05, 3.63) is 29.3 Å². The quantitative estimate of drug-likeness (QED) is 0.704. The van der Waals surface area contributed by atoms with E-state index in [4.69, 9.17) is 11.6 Å². The molecule has 0 radical (unpaired) electrons. The highest BCUT2D eigenvalue weighted by atomic mass is 35.5. The van der Waals surface area contributed by atoms with E-state index in [0.29, 0.717) is 17.3 Å². The minimum Gasteiger partial charge on any atom is -0.354 e. The Kier molecular flexibility index (Phi) is 6.89. The minimum absolute atomic E-state index is 0.232. The zero-order valence-electron chi connectivity index (χ0n) is 13.9. The first kappa shape index (κ1) is 19.0. The molecular formula is C16H24ClN3O3S. The lowest BCUT2D eigenvalue weighted by Gasteiger charge is -2.22. The third-order valence-corrected chi connectivity index (χ3v) is 5.37. The SMILES string of the molecule is CS(=O)(=O)N(CC(=O)NCCCN1CCCC1)c1ccc(Cl)cc1. The summed E-state index contributed by atoms with van der Waals surface area (Å²) in [5.74, 6) is -0.309. The molecule has 6 nitrogen and oxygen atoms in total. The molecule has 2 rings (SSSR count). The van der Waals surface area contributed by atoms with Gasteiger partial charge in [-0.15, -0.1) is 0 Å². The van der Waals surface area contributed by atoms with E-state index in [0.717, 1.165) is 36.6 Å². The lowest BCUT2D eigenvalue weighted by atomic mass is 10.3. The third-order valence-electron chi connectivity index (χ3n) is 3.97. The molecule has 1 amide bonds.